The first-order chi connectivity index (χ1) is 11.5. The van der Waals surface area contributed by atoms with Gasteiger partial charge in [-0.2, -0.15) is 0 Å². The predicted molar refractivity (Wildman–Crippen MR) is 98.1 cm³/mol. The average Bonchev–Trinajstić information content (AvgIpc) is 3.10. The Morgan fingerprint density at radius 3 is 2.62 bits per heavy atom. The van der Waals surface area contributed by atoms with Gasteiger partial charge in [0, 0.05) is 35.7 Å². The molecule has 3 rings (SSSR count). The monoisotopic (exact) mass is 348 g/mol. The van der Waals surface area contributed by atoms with Gasteiger partial charge in [0.25, 0.3) is 0 Å². The average molecular weight is 348 g/mol. The highest BCUT2D eigenvalue weighted by Crippen LogP contribution is 2.31. The van der Waals surface area contributed by atoms with Crippen molar-refractivity contribution in [2.24, 2.45) is 0 Å². The fourth-order valence-electron chi connectivity index (χ4n) is 3.35. The third kappa shape index (κ3) is 3.97. The van der Waals surface area contributed by atoms with E-state index in [1.807, 2.05) is 6.07 Å². The number of hydrogen-bond acceptors (Lipinski definition) is 4. The maximum atomic E-state index is 13.9. The van der Waals surface area contributed by atoms with Gasteiger partial charge in [-0.3, -0.25) is 0 Å². The van der Waals surface area contributed by atoms with Crippen LogP contribution in [0.5, 0.6) is 0 Å². The van der Waals surface area contributed by atoms with Crippen LogP contribution in [0.4, 0.5) is 10.1 Å². The van der Waals surface area contributed by atoms with Gasteiger partial charge in [0.15, 0.2) is 0 Å². The molecule has 2 atom stereocenters. The Morgan fingerprint density at radius 2 is 1.96 bits per heavy atom. The summed E-state index contributed by atoms with van der Waals surface area (Å²) in [7, 11) is 0. The number of nitrogens with one attached hydrogen (secondary N) is 1. The van der Waals surface area contributed by atoms with E-state index in [0.29, 0.717) is 0 Å². The van der Waals surface area contributed by atoms with Crippen LogP contribution in [0.3, 0.4) is 0 Å². The molecule has 0 radical (unpaired) electrons. The lowest BCUT2D eigenvalue weighted by Crippen LogP contribution is -2.37. The van der Waals surface area contributed by atoms with Crippen LogP contribution in [-0.4, -0.2) is 24.3 Å². The first-order valence-corrected chi connectivity index (χ1v) is 9.44. The Balaban J connectivity index is 1.79. The molecule has 24 heavy (non-hydrogen) atoms. The summed E-state index contributed by atoms with van der Waals surface area (Å²) in [6.45, 7) is 5.85. The Labute approximate surface area is 147 Å². The molecule has 5 heteroatoms. The number of rotatable bonds is 5. The van der Waals surface area contributed by atoms with E-state index in [0.717, 1.165) is 37.2 Å². The van der Waals surface area contributed by atoms with Gasteiger partial charge >= 0.3 is 0 Å². The summed E-state index contributed by atoms with van der Waals surface area (Å²) in [4.78, 5) is 3.54. The van der Waals surface area contributed by atoms with Crippen molar-refractivity contribution in [1.82, 2.24) is 5.32 Å². The van der Waals surface area contributed by atoms with Gasteiger partial charge in [-0.05, 0) is 61.9 Å². The minimum Gasteiger partial charge on any atom is -0.393 e. The predicted octanol–water partition coefficient (Wildman–Crippen LogP) is 4.26. The van der Waals surface area contributed by atoms with Crippen LogP contribution in [0.15, 0.2) is 35.7 Å². The van der Waals surface area contributed by atoms with Crippen LogP contribution in [0, 0.1) is 5.82 Å². The van der Waals surface area contributed by atoms with Crippen molar-refractivity contribution < 1.29 is 9.50 Å². The molecule has 130 valence electrons. The summed E-state index contributed by atoms with van der Waals surface area (Å²) in [5, 5.41) is 15.4. The molecule has 1 aromatic heterocycles. The van der Waals surface area contributed by atoms with Crippen molar-refractivity contribution >= 4 is 17.0 Å². The number of piperidine rings is 1. The third-order valence-electron chi connectivity index (χ3n) is 4.73. The van der Waals surface area contributed by atoms with Crippen molar-refractivity contribution in [2.75, 3.05) is 18.0 Å². The van der Waals surface area contributed by atoms with Crippen LogP contribution in [0.25, 0.3) is 0 Å². The highest BCUT2D eigenvalue weighted by atomic mass is 32.1. The molecular formula is C19H25FN2OS. The Morgan fingerprint density at radius 1 is 1.21 bits per heavy atom. The van der Waals surface area contributed by atoms with Gasteiger partial charge < -0.3 is 15.3 Å². The van der Waals surface area contributed by atoms with E-state index >= 15 is 0 Å². The highest BCUT2D eigenvalue weighted by molar-refractivity contribution is 7.10. The molecule has 0 amide bonds. The normalized spacial score (nSPS) is 18.6. The number of anilines is 1. The molecule has 0 aliphatic carbocycles. The van der Waals surface area contributed by atoms with Crippen LogP contribution in [-0.2, 0) is 0 Å². The molecule has 0 saturated carbocycles. The molecule has 0 unspecified atom stereocenters. The van der Waals surface area contributed by atoms with Gasteiger partial charge in [0.2, 0.25) is 0 Å². The van der Waals surface area contributed by atoms with Crippen LogP contribution >= 0.6 is 11.3 Å². The van der Waals surface area contributed by atoms with E-state index in [9.17, 15) is 9.50 Å². The molecule has 1 aliphatic rings. The summed E-state index contributed by atoms with van der Waals surface area (Å²) in [5.74, 6) is -0.205. The molecule has 3 nitrogen and oxygen atoms in total. The summed E-state index contributed by atoms with van der Waals surface area (Å²) in [6, 6.07) is 9.47. The third-order valence-corrected chi connectivity index (χ3v) is 5.79. The molecule has 1 saturated heterocycles. The topological polar surface area (TPSA) is 35.5 Å². The molecule has 2 heterocycles. The lowest BCUT2D eigenvalue weighted by molar-refractivity contribution is 0.145. The zero-order chi connectivity index (χ0) is 17.1. The summed E-state index contributed by atoms with van der Waals surface area (Å²) in [6.07, 6.45) is 1.33. The number of thiophene rings is 1. The Kier molecular flexibility index (Phi) is 5.54. The second-order valence-electron chi connectivity index (χ2n) is 6.55. The van der Waals surface area contributed by atoms with E-state index in [4.69, 9.17) is 0 Å². The molecular weight excluding hydrogens is 323 g/mol. The SMILES string of the molecule is C[C@H](N[C@H](C)c1cccs1)c1cc(F)ccc1N1CCC(O)CC1. The highest BCUT2D eigenvalue weighted by Gasteiger charge is 2.22. The van der Waals surface area contributed by atoms with Crippen LogP contribution < -0.4 is 10.2 Å². The van der Waals surface area contributed by atoms with Crippen molar-refractivity contribution in [1.29, 1.82) is 0 Å². The first-order valence-electron chi connectivity index (χ1n) is 8.56. The van der Waals surface area contributed by atoms with Gasteiger partial charge in [0.1, 0.15) is 5.82 Å². The number of hydrogen-bond donors (Lipinski definition) is 2. The van der Waals surface area contributed by atoms with Gasteiger partial charge in [-0.1, -0.05) is 6.07 Å². The minimum absolute atomic E-state index is 0.0413. The van der Waals surface area contributed by atoms with Crippen molar-refractivity contribution in [3.8, 4) is 0 Å². The maximum absolute atomic E-state index is 13.9. The number of benzene rings is 1. The fraction of sp³-hybridized carbons (Fsp3) is 0.474. The number of aliphatic hydroxyl groups excluding tert-OH is 1. The van der Waals surface area contributed by atoms with Crippen molar-refractivity contribution in [3.05, 3.63) is 52.0 Å². The van der Waals surface area contributed by atoms with Crippen molar-refractivity contribution in [3.63, 3.8) is 0 Å². The van der Waals surface area contributed by atoms with Gasteiger partial charge in [-0.15, -0.1) is 11.3 Å². The molecule has 0 bridgehead atoms. The first kappa shape index (κ1) is 17.4. The molecule has 1 aliphatic heterocycles. The van der Waals surface area contributed by atoms with Gasteiger partial charge in [-0.25, -0.2) is 4.39 Å². The van der Waals surface area contributed by atoms with E-state index in [-0.39, 0.29) is 24.0 Å². The molecule has 1 aromatic carbocycles. The summed E-state index contributed by atoms with van der Waals surface area (Å²) < 4.78 is 13.9. The Bertz CT molecular complexity index is 653. The lowest BCUT2D eigenvalue weighted by Gasteiger charge is -2.34. The molecule has 1 fully saturated rings. The van der Waals surface area contributed by atoms with E-state index < -0.39 is 0 Å². The number of aliphatic hydroxyl groups is 1. The number of halogens is 1. The van der Waals surface area contributed by atoms with Crippen LogP contribution in [0.2, 0.25) is 0 Å². The second-order valence-corrected chi connectivity index (χ2v) is 7.53. The molecule has 0 spiro atoms. The largest absolute Gasteiger partial charge is 0.393 e. The molecule has 2 N–H and O–H groups in total. The quantitative estimate of drug-likeness (QED) is 0.847. The fourth-order valence-corrected chi connectivity index (χ4v) is 4.10. The zero-order valence-corrected chi connectivity index (χ0v) is 15.0. The second kappa shape index (κ2) is 7.64. The minimum atomic E-state index is -0.209. The van der Waals surface area contributed by atoms with Gasteiger partial charge in [0.05, 0.1) is 6.10 Å². The smallest absolute Gasteiger partial charge is 0.123 e. The maximum Gasteiger partial charge on any atom is 0.123 e. The van der Waals surface area contributed by atoms with Crippen molar-refractivity contribution in [2.45, 2.75) is 44.9 Å². The Hall–Kier alpha value is -1.43. The van der Waals surface area contributed by atoms with E-state index in [1.54, 1.807) is 17.4 Å². The van der Waals surface area contributed by atoms with E-state index in [1.165, 1.54) is 10.9 Å². The molecule has 2 aromatic rings. The van der Waals surface area contributed by atoms with E-state index in [2.05, 4.69) is 41.6 Å². The summed E-state index contributed by atoms with van der Waals surface area (Å²) in [5.41, 5.74) is 2.05. The van der Waals surface area contributed by atoms with Crippen LogP contribution in [0.1, 0.15) is 49.2 Å². The standard InChI is InChI=1S/C19H25FN2OS/c1-13(21-14(2)19-4-3-11-24-19)17-12-15(20)5-6-18(17)22-9-7-16(23)8-10-22/h3-6,11-14,16,21,23H,7-10H2,1-2H3/t13-,14+/m0/s1. The number of nitrogens with zero attached hydrogens (tertiary/aromatic N) is 1. The lowest BCUT2D eigenvalue weighted by atomic mass is 10.0. The summed E-state index contributed by atoms with van der Waals surface area (Å²) >= 11 is 1.73. The zero-order valence-electron chi connectivity index (χ0n) is 14.2.